The first-order valence-electron chi connectivity index (χ1n) is 10.4. The third kappa shape index (κ3) is 4.33. The molecule has 10 heteroatoms. The summed E-state index contributed by atoms with van der Waals surface area (Å²) in [6.07, 6.45) is 1.55. The number of furan rings is 1. The minimum absolute atomic E-state index is 0.0229. The number of nitrogens with zero attached hydrogens (tertiary/aromatic N) is 2. The van der Waals surface area contributed by atoms with Crippen LogP contribution in [-0.4, -0.2) is 40.5 Å². The number of nitrogens with one attached hydrogen (secondary N) is 2. The van der Waals surface area contributed by atoms with Crippen molar-refractivity contribution in [3.05, 3.63) is 88.3 Å². The van der Waals surface area contributed by atoms with E-state index in [0.29, 0.717) is 16.8 Å². The zero-order valence-corrected chi connectivity index (χ0v) is 18.7. The summed E-state index contributed by atoms with van der Waals surface area (Å²) < 4.78 is 11.6. The standard InChI is InChI=1S/C24H22N4O6/c1-14-11-17(15(2)28(14)26-21(29)16-7-5-4-6-8-16)12-19-22(30)27(24(32)25-19)13-18-9-10-20(34-18)23(31)33-3/h4-12H,13H2,1-3H3,(H,25,32)(H,26,29)/b19-12-. The maximum atomic E-state index is 12.9. The molecule has 1 fully saturated rings. The van der Waals surface area contributed by atoms with Crippen molar-refractivity contribution in [1.29, 1.82) is 0 Å². The van der Waals surface area contributed by atoms with Crippen LogP contribution in [0.3, 0.4) is 0 Å². The van der Waals surface area contributed by atoms with Crippen LogP contribution in [0.2, 0.25) is 0 Å². The Morgan fingerprint density at radius 2 is 1.85 bits per heavy atom. The number of rotatable bonds is 6. The normalized spacial score (nSPS) is 14.4. The highest BCUT2D eigenvalue weighted by atomic mass is 16.5. The fraction of sp³-hybridized carbons (Fsp3) is 0.167. The van der Waals surface area contributed by atoms with Crippen molar-refractivity contribution in [2.45, 2.75) is 20.4 Å². The minimum Gasteiger partial charge on any atom is -0.463 e. The van der Waals surface area contributed by atoms with Crippen LogP contribution in [0.5, 0.6) is 0 Å². The number of methoxy groups -OCH3 is 1. The number of aryl methyl sites for hydroxylation is 1. The van der Waals surface area contributed by atoms with Gasteiger partial charge in [0.2, 0.25) is 5.76 Å². The number of carbonyl (C=O) groups excluding carboxylic acids is 4. The number of carbonyl (C=O) groups is 4. The van der Waals surface area contributed by atoms with Gasteiger partial charge in [-0.15, -0.1) is 0 Å². The Hall–Kier alpha value is -4.60. The van der Waals surface area contributed by atoms with Crippen LogP contribution in [0, 0.1) is 13.8 Å². The molecule has 2 aromatic heterocycles. The maximum absolute atomic E-state index is 12.9. The second-order valence-electron chi connectivity index (χ2n) is 7.61. The molecule has 0 bridgehead atoms. The van der Waals surface area contributed by atoms with E-state index in [1.807, 2.05) is 13.0 Å². The van der Waals surface area contributed by atoms with Crippen LogP contribution in [0.15, 0.2) is 58.6 Å². The fourth-order valence-corrected chi connectivity index (χ4v) is 3.56. The zero-order chi connectivity index (χ0) is 24.4. The molecule has 3 heterocycles. The van der Waals surface area contributed by atoms with Crippen molar-refractivity contribution in [3.63, 3.8) is 0 Å². The Morgan fingerprint density at radius 3 is 2.56 bits per heavy atom. The van der Waals surface area contributed by atoms with Crippen LogP contribution >= 0.6 is 0 Å². The summed E-state index contributed by atoms with van der Waals surface area (Å²) in [5.41, 5.74) is 5.51. The molecule has 0 atom stereocenters. The van der Waals surface area contributed by atoms with Gasteiger partial charge >= 0.3 is 12.0 Å². The summed E-state index contributed by atoms with van der Waals surface area (Å²) in [6.45, 7) is 3.46. The monoisotopic (exact) mass is 462 g/mol. The molecule has 10 nitrogen and oxygen atoms in total. The highest BCUT2D eigenvalue weighted by Gasteiger charge is 2.34. The molecule has 1 aliphatic rings. The van der Waals surface area contributed by atoms with Crippen LogP contribution in [0.1, 0.15) is 43.6 Å². The van der Waals surface area contributed by atoms with E-state index in [4.69, 9.17) is 4.42 Å². The zero-order valence-electron chi connectivity index (χ0n) is 18.7. The topological polar surface area (TPSA) is 123 Å². The summed E-state index contributed by atoms with van der Waals surface area (Å²) in [7, 11) is 1.23. The molecule has 0 spiro atoms. The number of benzene rings is 1. The molecular weight excluding hydrogens is 440 g/mol. The lowest BCUT2D eigenvalue weighted by molar-refractivity contribution is -0.123. The van der Waals surface area contributed by atoms with Gasteiger partial charge < -0.3 is 14.5 Å². The molecule has 0 aliphatic carbocycles. The van der Waals surface area contributed by atoms with Crippen molar-refractivity contribution in [2.75, 3.05) is 12.5 Å². The van der Waals surface area contributed by atoms with E-state index in [-0.39, 0.29) is 29.7 Å². The molecule has 0 saturated carbocycles. The molecule has 4 rings (SSSR count). The molecule has 4 amide bonds. The summed E-state index contributed by atoms with van der Waals surface area (Å²) in [6, 6.07) is 12.9. The smallest absolute Gasteiger partial charge is 0.373 e. The van der Waals surface area contributed by atoms with E-state index in [9.17, 15) is 19.2 Å². The average Bonchev–Trinajstić information content (AvgIpc) is 3.49. The largest absolute Gasteiger partial charge is 0.463 e. The van der Waals surface area contributed by atoms with E-state index in [1.165, 1.54) is 19.2 Å². The van der Waals surface area contributed by atoms with Crippen molar-refractivity contribution in [2.24, 2.45) is 0 Å². The van der Waals surface area contributed by atoms with Crippen molar-refractivity contribution in [3.8, 4) is 0 Å². The Labute approximate surface area is 194 Å². The van der Waals surface area contributed by atoms with Gasteiger partial charge in [0.15, 0.2) is 0 Å². The summed E-state index contributed by atoms with van der Waals surface area (Å²) in [5, 5.41) is 2.55. The molecule has 3 aromatic rings. The van der Waals surface area contributed by atoms with Gasteiger partial charge in [0.25, 0.3) is 11.8 Å². The quantitative estimate of drug-likeness (QED) is 0.330. The lowest BCUT2D eigenvalue weighted by Gasteiger charge is -2.11. The molecule has 0 radical (unpaired) electrons. The number of ether oxygens (including phenoxy) is 1. The second kappa shape index (κ2) is 9.10. The molecule has 34 heavy (non-hydrogen) atoms. The third-order valence-corrected chi connectivity index (χ3v) is 5.34. The van der Waals surface area contributed by atoms with Gasteiger partial charge in [-0.25, -0.2) is 9.59 Å². The Morgan fingerprint density at radius 1 is 1.12 bits per heavy atom. The van der Waals surface area contributed by atoms with Crippen LogP contribution in [0.4, 0.5) is 4.79 Å². The summed E-state index contributed by atoms with van der Waals surface area (Å²) in [5.74, 6) is -1.24. The van der Waals surface area contributed by atoms with Crippen LogP contribution in [-0.2, 0) is 16.1 Å². The number of urea groups is 1. The van der Waals surface area contributed by atoms with E-state index >= 15 is 0 Å². The number of hydrogen-bond acceptors (Lipinski definition) is 6. The molecule has 0 unspecified atom stereocenters. The van der Waals surface area contributed by atoms with E-state index < -0.39 is 17.9 Å². The molecule has 1 aromatic carbocycles. The second-order valence-corrected chi connectivity index (χ2v) is 7.61. The number of imide groups is 1. The highest BCUT2D eigenvalue weighted by molar-refractivity contribution is 6.14. The van der Waals surface area contributed by atoms with E-state index in [0.717, 1.165) is 10.6 Å². The van der Waals surface area contributed by atoms with Crippen LogP contribution < -0.4 is 10.7 Å². The maximum Gasteiger partial charge on any atom is 0.373 e. The molecule has 1 saturated heterocycles. The van der Waals surface area contributed by atoms with Gasteiger partial charge in [-0.2, -0.15) is 0 Å². The Kier molecular flexibility index (Phi) is 6.05. The third-order valence-electron chi connectivity index (χ3n) is 5.34. The number of amides is 4. The summed E-state index contributed by atoms with van der Waals surface area (Å²) in [4.78, 5) is 50.3. The lowest BCUT2D eigenvalue weighted by atomic mass is 10.2. The van der Waals surface area contributed by atoms with E-state index in [1.54, 1.807) is 48.0 Å². The van der Waals surface area contributed by atoms with Gasteiger partial charge in [-0.3, -0.25) is 24.6 Å². The predicted molar refractivity (Wildman–Crippen MR) is 121 cm³/mol. The summed E-state index contributed by atoms with van der Waals surface area (Å²) >= 11 is 0. The highest BCUT2D eigenvalue weighted by Crippen LogP contribution is 2.22. The van der Waals surface area contributed by atoms with Gasteiger partial charge in [0.1, 0.15) is 11.5 Å². The molecular formula is C24H22N4O6. The van der Waals surface area contributed by atoms with Crippen molar-refractivity contribution >= 4 is 29.9 Å². The van der Waals surface area contributed by atoms with Crippen molar-refractivity contribution in [1.82, 2.24) is 14.9 Å². The molecule has 2 N–H and O–H groups in total. The fourth-order valence-electron chi connectivity index (χ4n) is 3.56. The minimum atomic E-state index is -0.654. The van der Waals surface area contributed by atoms with Gasteiger partial charge in [-0.05, 0) is 55.8 Å². The van der Waals surface area contributed by atoms with Gasteiger partial charge in [0.05, 0.1) is 13.7 Å². The molecule has 174 valence electrons. The first-order valence-corrected chi connectivity index (χ1v) is 10.4. The van der Waals surface area contributed by atoms with E-state index in [2.05, 4.69) is 15.5 Å². The predicted octanol–water partition coefficient (Wildman–Crippen LogP) is 2.96. The SMILES string of the molecule is COC(=O)c1ccc(CN2C(=O)N/C(=C\c3cc(C)n(NC(=O)c4ccccc4)c3C)C2=O)o1. The number of aromatic nitrogens is 1. The number of hydrogen-bond donors (Lipinski definition) is 2. The van der Waals surface area contributed by atoms with Crippen LogP contribution in [0.25, 0.3) is 6.08 Å². The van der Waals surface area contributed by atoms with Gasteiger partial charge in [-0.1, -0.05) is 18.2 Å². The Balaban J connectivity index is 1.52. The number of esters is 1. The first-order chi connectivity index (χ1) is 16.3. The lowest BCUT2D eigenvalue weighted by Crippen LogP contribution is -2.30. The van der Waals surface area contributed by atoms with Crippen molar-refractivity contribution < 1.29 is 28.3 Å². The average molecular weight is 462 g/mol. The molecule has 1 aliphatic heterocycles. The Bertz CT molecular complexity index is 1320. The van der Waals surface area contributed by atoms with Gasteiger partial charge in [0, 0.05) is 17.0 Å². The first kappa shape index (κ1) is 22.6.